The first-order chi connectivity index (χ1) is 14.8. The fraction of sp³-hybridized carbons (Fsp3) is 0.409. The van der Waals surface area contributed by atoms with Gasteiger partial charge in [-0.05, 0) is 38.0 Å². The molecule has 1 saturated heterocycles. The van der Waals surface area contributed by atoms with Gasteiger partial charge in [0, 0.05) is 30.4 Å². The Hall–Kier alpha value is -2.46. The zero-order chi connectivity index (χ0) is 22.2. The lowest BCUT2D eigenvalue weighted by atomic mass is 10.0. The van der Waals surface area contributed by atoms with Crippen LogP contribution in [0.5, 0.6) is 0 Å². The Morgan fingerprint density at radius 3 is 2.58 bits per heavy atom. The molecule has 1 N–H and O–H groups in total. The van der Waals surface area contributed by atoms with E-state index >= 15 is 0 Å². The molecule has 4 rings (SSSR count). The van der Waals surface area contributed by atoms with Crippen LogP contribution in [-0.4, -0.2) is 56.5 Å². The highest BCUT2D eigenvalue weighted by Crippen LogP contribution is 2.35. The van der Waals surface area contributed by atoms with Gasteiger partial charge in [0.2, 0.25) is 16.4 Å². The van der Waals surface area contributed by atoms with E-state index < -0.39 is 22.4 Å². The number of anilines is 1. The Labute approximate surface area is 182 Å². The molecule has 8 nitrogen and oxygen atoms in total. The molecule has 2 aromatic carbocycles. The first-order valence-electron chi connectivity index (χ1n) is 10.2. The highest BCUT2D eigenvalue weighted by atomic mass is 32.2. The largest absolute Gasteiger partial charge is 0.465 e. The summed E-state index contributed by atoms with van der Waals surface area (Å²) >= 11 is 0. The van der Waals surface area contributed by atoms with Crippen LogP contribution in [-0.2, 0) is 26.1 Å². The maximum Gasteiger partial charge on any atom is 0.339 e. The number of piperidine rings is 1. The molecule has 2 heterocycles. The van der Waals surface area contributed by atoms with E-state index in [0.29, 0.717) is 19.4 Å². The molecule has 9 heteroatoms. The predicted octanol–water partition coefficient (Wildman–Crippen LogP) is 2.25. The normalized spacial score (nSPS) is 20.4. The van der Waals surface area contributed by atoms with Crippen molar-refractivity contribution in [2.45, 2.75) is 43.7 Å². The van der Waals surface area contributed by atoms with Crippen LogP contribution in [0.2, 0.25) is 0 Å². The topological polar surface area (TPSA) is 96.4 Å². The van der Waals surface area contributed by atoms with Crippen LogP contribution < -0.4 is 4.90 Å². The number of esters is 1. The third-order valence-electron chi connectivity index (χ3n) is 5.87. The standard InChI is InChI=1S/C22H26N2O6S/c1-15-7-8-19-16(13-15)14-30-22(26)24(19)17-9-11-23(12-10-17)31(27,28)20-6-4-3-5-18(20)21(25)29-2/h3-8,13,17,22,26H,9-12,14H2,1-2H3. The molecule has 1 unspecified atom stereocenters. The third kappa shape index (κ3) is 4.06. The molecule has 0 aromatic heterocycles. The molecule has 0 spiro atoms. The van der Waals surface area contributed by atoms with Crippen LogP contribution in [0.4, 0.5) is 5.69 Å². The maximum absolute atomic E-state index is 13.2. The number of carbonyl (C=O) groups is 1. The number of benzene rings is 2. The minimum atomic E-state index is -3.86. The van der Waals surface area contributed by atoms with Gasteiger partial charge in [0.25, 0.3) is 0 Å². The molecule has 1 fully saturated rings. The van der Waals surface area contributed by atoms with Gasteiger partial charge < -0.3 is 19.5 Å². The van der Waals surface area contributed by atoms with E-state index in [4.69, 9.17) is 9.47 Å². The number of sulfonamides is 1. The second-order valence-electron chi connectivity index (χ2n) is 7.80. The van der Waals surface area contributed by atoms with Gasteiger partial charge in [-0.15, -0.1) is 0 Å². The molecular weight excluding hydrogens is 420 g/mol. The average Bonchev–Trinajstić information content (AvgIpc) is 2.78. The minimum absolute atomic E-state index is 0.0243. The van der Waals surface area contributed by atoms with Gasteiger partial charge in [0.15, 0.2) is 0 Å². The molecular formula is C22H26N2O6S. The van der Waals surface area contributed by atoms with Crippen LogP contribution in [0.1, 0.15) is 34.3 Å². The van der Waals surface area contributed by atoms with Crippen molar-refractivity contribution in [3.63, 3.8) is 0 Å². The SMILES string of the molecule is COC(=O)c1ccccc1S(=O)(=O)N1CCC(N2c3ccc(C)cc3COC2O)CC1. The van der Waals surface area contributed by atoms with E-state index in [0.717, 1.165) is 16.8 Å². The number of aliphatic hydroxyl groups excluding tert-OH is 1. The molecule has 0 amide bonds. The maximum atomic E-state index is 13.2. The number of nitrogens with zero attached hydrogens (tertiary/aromatic N) is 2. The summed E-state index contributed by atoms with van der Waals surface area (Å²) in [5, 5.41) is 10.5. The zero-order valence-corrected chi connectivity index (χ0v) is 18.3. The van der Waals surface area contributed by atoms with Crippen molar-refractivity contribution in [1.82, 2.24) is 4.31 Å². The quantitative estimate of drug-likeness (QED) is 0.720. The number of rotatable bonds is 4. The first kappa shape index (κ1) is 21.8. The summed E-state index contributed by atoms with van der Waals surface area (Å²) < 4.78 is 38.2. The van der Waals surface area contributed by atoms with Crippen molar-refractivity contribution in [3.8, 4) is 0 Å². The summed E-state index contributed by atoms with van der Waals surface area (Å²) in [6.45, 7) is 2.89. The van der Waals surface area contributed by atoms with E-state index in [1.54, 1.807) is 12.1 Å². The molecule has 0 saturated carbocycles. The molecule has 0 aliphatic carbocycles. The molecule has 31 heavy (non-hydrogen) atoms. The Morgan fingerprint density at radius 2 is 1.87 bits per heavy atom. The van der Waals surface area contributed by atoms with Gasteiger partial charge in [-0.1, -0.05) is 29.8 Å². The summed E-state index contributed by atoms with van der Waals surface area (Å²) in [6, 6.07) is 12.0. The van der Waals surface area contributed by atoms with Crippen molar-refractivity contribution in [3.05, 3.63) is 59.2 Å². The van der Waals surface area contributed by atoms with Crippen molar-refractivity contribution in [2.24, 2.45) is 0 Å². The fourth-order valence-electron chi connectivity index (χ4n) is 4.29. The number of hydrogen-bond acceptors (Lipinski definition) is 7. The Balaban J connectivity index is 1.54. The van der Waals surface area contributed by atoms with Crippen molar-refractivity contribution in [2.75, 3.05) is 25.1 Å². The first-order valence-corrected chi connectivity index (χ1v) is 11.6. The summed E-state index contributed by atoms with van der Waals surface area (Å²) in [5.41, 5.74) is 3.06. The summed E-state index contributed by atoms with van der Waals surface area (Å²) in [5.74, 6) is -0.686. The lowest BCUT2D eigenvalue weighted by Crippen LogP contribution is -2.52. The molecule has 1 atom stereocenters. The van der Waals surface area contributed by atoms with E-state index in [-0.39, 0.29) is 29.6 Å². The van der Waals surface area contributed by atoms with E-state index in [1.807, 2.05) is 30.0 Å². The van der Waals surface area contributed by atoms with Crippen LogP contribution in [0.25, 0.3) is 0 Å². The van der Waals surface area contributed by atoms with Gasteiger partial charge in [-0.3, -0.25) is 0 Å². The number of fused-ring (bicyclic) bond motifs is 1. The Bertz CT molecular complexity index is 1080. The Kier molecular flexibility index (Phi) is 6.02. The van der Waals surface area contributed by atoms with Gasteiger partial charge in [0.05, 0.1) is 24.2 Å². The van der Waals surface area contributed by atoms with E-state index in [2.05, 4.69) is 0 Å². The van der Waals surface area contributed by atoms with Crippen LogP contribution in [0.15, 0.2) is 47.4 Å². The molecule has 0 bridgehead atoms. The van der Waals surface area contributed by atoms with Gasteiger partial charge >= 0.3 is 5.97 Å². The van der Waals surface area contributed by atoms with Crippen LogP contribution in [0.3, 0.4) is 0 Å². The lowest BCUT2D eigenvalue weighted by Gasteiger charge is -2.44. The van der Waals surface area contributed by atoms with Crippen LogP contribution in [0, 0.1) is 6.92 Å². The smallest absolute Gasteiger partial charge is 0.339 e. The predicted molar refractivity (Wildman–Crippen MR) is 114 cm³/mol. The number of ether oxygens (including phenoxy) is 2. The molecule has 2 aliphatic heterocycles. The number of aryl methyl sites for hydroxylation is 1. The lowest BCUT2D eigenvalue weighted by molar-refractivity contribution is -0.121. The zero-order valence-electron chi connectivity index (χ0n) is 17.5. The van der Waals surface area contributed by atoms with Gasteiger partial charge in [-0.2, -0.15) is 4.31 Å². The van der Waals surface area contributed by atoms with E-state index in [9.17, 15) is 18.3 Å². The monoisotopic (exact) mass is 446 g/mol. The second-order valence-corrected chi connectivity index (χ2v) is 9.71. The molecule has 2 aliphatic rings. The van der Waals surface area contributed by atoms with Crippen LogP contribution >= 0.6 is 0 Å². The van der Waals surface area contributed by atoms with E-state index in [1.165, 1.54) is 23.5 Å². The highest BCUT2D eigenvalue weighted by molar-refractivity contribution is 7.89. The number of aliphatic hydroxyl groups is 1. The molecule has 2 aromatic rings. The fourth-order valence-corrected chi connectivity index (χ4v) is 5.94. The van der Waals surface area contributed by atoms with Gasteiger partial charge in [0.1, 0.15) is 0 Å². The Morgan fingerprint density at radius 1 is 1.16 bits per heavy atom. The summed E-state index contributed by atoms with van der Waals surface area (Å²) in [7, 11) is -2.64. The summed E-state index contributed by atoms with van der Waals surface area (Å²) in [4.78, 5) is 13.8. The van der Waals surface area contributed by atoms with Crippen molar-refractivity contribution < 1.29 is 27.8 Å². The summed E-state index contributed by atoms with van der Waals surface area (Å²) in [6.07, 6.45) is -0.0239. The van der Waals surface area contributed by atoms with Crippen molar-refractivity contribution in [1.29, 1.82) is 0 Å². The second kappa shape index (κ2) is 8.58. The number of hydrogen-bond donors (Lipinski definition) is 1. The third-order valence-corrected chi connectivity index (χ3v) is 7.82. The average molecular weight is 447 g/mol. The molecule has 166 valence electrons. The van der Waals surface area contributed by atoms with Crippen molar-refractivity contribution >= 4 is 21.7 Å². The van der Waals surface area contributed by atoms with Gasteiger partial charge in [-0.25, -0.2) is 13.2 Å². The number of carbonyl (C=O) groups excluding carboxylic acids is 1. The molecule has 0 radical (unpaired) electrons. The number of methoxy groups -OCH3 is 1. The minimum Gasteiger partial charge on any atom is -0.465 e. The highest BCUT2D eigenvalue weighted by Gasteiger charge is 2.37.